The summed E-state index contributed by atoms with van der Waals surface area (Å²) >= 11 is 0. The molecule has 9 heteroatoms. The Bertz CT molecular complexity index is 496. The Morgan fingerprint density at radius 1 is 1.48 bits per heavy atom. The molecule has 2 unspecified atom stereocenters. The van der Waals surface area contributed by atoms with Crippen LogP contribution in [-0.4, -0.2) is 45.3 Å². The molecule has 21 heavy (non-hydrogen) atoms. The molecule has 0 radical (unpaired) electrons. The van der Waals surface area contributed by atoms with Crippen LogP contribution in [0.1, 0.15) is 12.5 Å². The highest BCUT2D eigenvalue weighted by Gasteiger charge is 2.24. The third kappa shape index (κ3) is 7.17. The summed E-state index contributed by atoms with van der Waals surface area (Å²) in [6.45, 7) is 3.68. The minimum atomic E-state index is -4.08. The molecule has 1 aromatic heterocycles. The van der Waals surface area contributed by atoms with Gasteiger partial charge in [-0.25, -0.2) is 4.57 Å². The van der Waals surface area contributed by atoms with Crippen LogP contribution in [0.4, 0.5) is 0 Å². The van der Waals surface area contributed by atoms with Crippen LogP contribution in [-0.2, 0) is 17.5 Å². The van der Waals surface area contributed by atoms with Gasteiger partial charge in [-0.1, -0.05) is 6.92 Å². The van der Waals surface area contributed by atoms with E-state index in [0.717, 1.165) is 5.56 Å². The van der Waals surface area contributed by atoms with E-state index in [9.17, 15) is 9.67 Å². The second kappa shape index (κ2) is 8.03. The van der Waals surface area contributed by atoms with Crippen LogP contribution < -0.4 is 9.79 Å². The lowest BCUT2D eigenvalue weighted by Crippen LogP contribution is -2.46. The van der Waals surface area contributed by atoms with Gasteiger partial charge in [0.05, 0.1) is 5.66 Å². The Balaban J connectivity index is 2.62. The minimum Gasteiger partial charge on any atom is -0.437 e. The first-order valence-corrected chi connectivity index (χ1v) is 8.49. The minimum absolute atomic E-state index is 0.258. The van der Waals surface area contributed by atoms with Crippen LogP contribution in [0.2, 0.25) is 6.82 Å². The Hall–Kier alpha value is -0.755. The maximum Gasteiger partial charge on any atom is 0.373 e. The van der Waals surface area contributed by atoms with Crippen LogP contribution in [0, 0.1) is 0 Å². The summed E-state index contributed by atoms with van der Waals surface area (Å²) in [6, 6.07) is 3.57. The monoisotopic (exact) mass is 317 g/mol. The summed E-state index contributed by atoms with van der Waals surface area (Å²) in [4.78, 5) is 18.2. The summed E-state index contributed by atoms with van der Waals surface area (Å²) in [6.07, 6.45) is 3.14. The van der Waals surface area contributed by atoms with Gasteiger partial charge in [-0.15, -0.1) is 0 Å². The van der Waals surface area contributed by atoms with Crippen LogP contribution in [0.15, 0.2) is 24.5 Å². The quantitative estimate of drug-likeness (QED) is 0.242. The molecule has 0 aliphatic heterocycles. The lowest BCUT2D eigenvalue weighted by molar-refractivity contribution is -0.703. The Labute approximate surface area is 124 Å². The Morgan fingerprint density at radius 2 is 2.14 bits per heavy atom. The predicted octanol–water partition coefficient (Wildman–Crippen LogP) is -0.856. The lowest BCUT2D eigenvalue weighted by atomic mass is 9.89. The van der Waals surface area contributed by atoms with Crippen LogP contribution in [0.3, 0.4) is 0 Å². The zero-order valence-corrected chi connectivity index (χ0v) is 13.1. The van der Waals surface area contributed by atoms with Gasteiger partial charge < -0.3 is 25.1 Å². The standard InChI is InChI=1S/C12H22BN2O5P/c1-10(21(18,19)20)6-11-4-3-5-15(8-11)9-12(16)7-14-13(2)17/h3-5,8,10,12,14,16-17H,6-7,9H2,1-2H3,(H-,18,19,20)/p+1. The van der Waals surface area contributed by atoms with Crippen molar-refractivity contribution < 1.29 is 29.0 Å². The fourth-order valence-corrected chi connectivity index (χ4v) is 2.33. The van der Waals surface area contributed by atoms with Gasteiger partial charge in [-0.2, -0.15) is 0 Å². The molecular weight excluding hydrogens is 294 g/mol. The van der Waals surface area contributed by atoms with Crippen molar-refractivity contribution in [2.45, 2.75) is 38.5 Å². The van der Waals surface area contributed by atoms with E-state index in [1.165, 1.54) is 6.92 Å². The highest BCUT2D eigenvalue weighted by Crippen LogP contribution is 2.42. The topological polar surface area (TPSA) is 114 Å². The van der Waals surface area contributed by atoms with Crippen molar-refractivity contribution in [2.75, 3.05) is 6.54 Å². The van der Waals surface area contributed by atoms with Crippen molar-refractivity contribution in [3.8, 4) is 0 Å². The number of hydrogen-bond donors (Lipinski definition) is 5. The van der Waals surface area contributed by atoms with E-state index < -0.39 is 26.4 Å². The Morgan fingerprint density at radius 3 is 2.71 bits per heavy atom. The van der Waals surface area contributed by atoms with E-state index in [1.54, 1.807) is 35.9 Å². The number of pyridine rings is 1. The van der Waals surface area contributed by atoms with Crippen LogP contribution >= 0.6 is 7.60 Å². The number of aliphatic hydroxyl groups is 1. The molecule has 7 nitrogen and oxygen atoms in total. The number of hydrogen-bond acceptors (Lipinski definition) is 4. The molecule has 1 rings (SSSR count). The second-order valence-electron chi connectivity index (χ2n) is 5.29. The van der Waals surface area contributed by atoms with Crippen molar-refractivity contribution in [3.05, 3.63) is 30.1 Å². The van der Waals surface area contributed by atoms with Gasteiger partial charge in [-0.05, 0) is 19.3 Å². The summed E-state index contributed by atoms with van der Waals surface area (Å²) < 4.78 is 12.9. The summed E-state index contributed by atoms with van der Waals surface area (Å²) in [5.74, 6) is 0. The first kappa shape index (κ1) is 18.3. The fraction of sp³-hybridized carbons (Fsp3) is 0.583. The van der Waals surface area contributed by atoms with E-state index in [-0.39, 0.29) is 13.0 Å². The third-order valence-electron chi connectivity index (χ3n) is 3.10. The van der Waals surface area contributed by atoms with Crippen molar-refractivity contribution in [1.29, 1.82) is 0 Å². The highest BCUT2D eigenvalue weighted by atomic mass is 31.2. The van der Waals surface area contributed by atoms with E-state index in [2.05, 4.69) is 5.23 Å². The van der Waals surface area contributed by atoms with Crippen molar-refractivity contribution in [2.24, 2.45) is 0 Å². The summed E-state index contributed by atoms with van der Waals surface area (Å²) in [5, 5.41) is 21.6. The highest BCUT2D eigenvalue weighted by molar-refractivity contribution is 7.52. The second-order valence-corrected chi connectivity index (χ2v) is 7.35. The van der Waals surface area contributed by atoms with Gasteiger partial charge in [0.15, 0.2) is 18.9 Å². The van der Waals surface area contributed by atoms with E-state index in [1.807, 2.05) is 0 Å². The molecular formula is C12H23BN2O5P+. The number of aliphatic hydroxyl groups excluding tert-OH is 1. The molecule has 118 valence electrons. The molecule has 0 spiro atoms. The molecule has 2 atom stereocenters. The molecule has 1 heterocycles. The molecule has 0 amide bonds. The van der Waals surface area contributed by atoms with Crippen molar-refractivity contribution in [3.63, 3.8) is 0 Å². The Kier molecular flexibility index (Phi) is 7.00. The molecule has 0 aliphatic rings. The number of aromatic nitrogens is 1. The van der Waals surface area contributed by atoms with Crippen molar-refractivity contribution >= 4 is 14.6 Å². The largest absolute Gasteiger partial charge is 0.437 e. The molecule has 0 saturated carbocycles. The van der Waals surface area contributed by atoms with E-state index >= 15 is 0 Å². The molecule has 0 saturated heterocycles. The normalized spacial score (nSPS) is 14.8. The predicted molar refractivity (Wildman–Crippen MR) is 79.7 cm³/mol. The average molecular weight is 317 g/mol. The maximum absolute atomic E-state index is 11.2. The number of nitrogens with one attached hydrogen (secondary N) is 1. The van der Waals surface area contributed by atoms with Gasteiger partial charge in [0.25, 0.3) is 0 Å². The molecule has 0 aromatic carbocycles. The van der Waals surface area contributed by atoms with E-state index in [4.69, 9.17) is 14.8 Å². The SMILES string of the molecule is CB(O)NCC(O)C[n+]1cccc(CC(C)P(=O)(O)O)c1. The number of rotatable bonds is 8. The van der Waals surface area contributed by atoms with Crippen LogP contribution in [0.25, 0.3) is 0 Å². The summed E-state index contributed by atoms with van der Waals surface area (Å²) in [7, 11) is -4.76. The van der Waals surface area contributed by atoms with Gasteiger partial charge >= 0.3 is 14.6 Å². The molecule has 0 aliphatic carbocycles. The molecule has 0 fully saturated rings. The van der Waals surface area contributed by atoms with Crippen LogP contribution in [0.5, 0.6) is 0 Å². The average Bonchev–Trinajstić information content (AvgIpc) is 2.35. The molecule has 5 N–H and O–H groups in total. The number of nitrogens with zero attached hydrogens (tertiary/aromatic N) is 1. The summed E-state index contributed by atoms with van der Waals surface area (Å²) in [5.41, 5.74) is 0.0548. The first-order chi connectivity index (χ1) is 9.68. The maximum atomic E-state index is 11.2. The molecule has 0 bridgehead atoms. The fourth-order valence-electron chi connectivity index (χ4n) is 1.89. The lowest BCUT2D eigenvalue weighted by Gasteiger charge is -2.13. The van der Waals surface area contributed by atoms with Gasteiger partial charge in [-0.3, -0.25) is 4.57 Å². The molecule has 1 aromatic rings. The van der Waals surface area contributed by atoms with Crippen molar-refractivity contribution in [1.82, 2.24) is 5.23 Å². The van der Waals surface area contributed by atoms with E-state index in [0.29, 0.717) is 6.54 Å². The van der Waals surface area contributed by atoms with Gasteiger partial charge in [0.1, 0.15) is 6.10 Å². The zero-order valence-electron chi connectivity index (χ0n) is 12.3. The van der Waals surface area contributed by atoms with Gasteiger partial charge in [0, 0.05) is 18.2 Å². The third-order valence-corrected chi connectivity index (χ3v) is 4.43. The van der Waals surface area contributed by atoms with Gasteiger partial charge in [0.2, 0.25) is 0 Å². The smallest absolute Gasteiger partial charge is 0.373 e. The first-order valence-electron chi connectivity index (χ1n) is 6.81. The zero-order chi connectivity index (χ0) is 16.0.